The van der Waals surface area contributed by atoms with Gasteiger partial charge in [-0.15, -0.1) is 0 Å². The summed E-state index contributed by atoms with van der Waals surface area (Å²) in [6, 6.07) is 5.51. The van der Waals surface area contributed by atoms with Crippen LogP contribution in [0.15, 0.2) is 30.6 Å². The number of imidazole rings is 1. The van der Waals surface area contributed by atoms with Gasteiger partial charge in [0.2, 0.25) is 0 Å². The molecular weight excluding hydrogens is 240 g/mol. The summed E-state index contributed by atoms with van der Waals surface area (Å²) >= 11 is 0. The lowest BCUT2D eigenvalue weighted by molar-refractivity contribution is 0.0696. The zero-order valence-electron chi connectivity index (χ0n) is 10.6. The number of hydrogen-bond acceptors (Lipinski definition) is 2. The predicted molar refractivity (Wildman–Crippen MR) is 71.4 cm³/mol. The Labute approximate surface area is 111 Å². The summed E-state index contributed by atoms with van der Waals surface area (Å²) in [5.74, 6) is 0.592. The second-order valence-corrected chi connectivity index (χ2v) is 5.05. The van der Waals surface area contributed by atoms with Crippen LogP contribution in [0.5, 0.6) is 0 Å². The van der Waals surface area contributed by atoms with Crippen molar-refractivity contribution < 1.29 is 9.90 Å². The second-order valence-electron chi connectivity index (χ2n) is 5.05. The first-order valence-electron chi connectivity index (χ1n) is 6.58. The molecule has 4 nitrogen and oxygen atoms in total. The van der Waals surface area contributed by atoms with Crippen molar-refractivity contribution in [2.24, 2.45) is 0 Å². The number of benzene rings is 1. The van der Waals surface area contributed by atoms with Crippen LogP contribution in [0, 0.1) is 0 Å². The first-order chi connectivity index (χ1) is 9.24. The maximum atomic E-state index is 11.0. The second kappa shape index (κ2) is 4.88. The molecule has 1 aliphatic rings. The monoisotopic (exact) mass is 256 g/mol. The minimum Gasteiger partial charge on any atom is -0.478 e. The van der Waals surface area contributed by atoms with Crippen molar-refractivity contribution in [3.05, 3.63) is 53.1 Å². The van der Waals surface area contributed by atoms with Crippen molar-refractivity contribution in [1.29, 1.82) is 0 Å². The molecule has 1 heterocycles. The quantitative estimate of drug-likeness (QED) is 0.887. The molecule has 1 aromatic heterocycles. The third-order valence-electron chi connectivity index (χ3n) is 3.82. The topological polar surface area (TPSA) is 66.0 Å². The number of nitrogens with zero attached hydrogens (tertiary/aromatic N) is 1. The minimum absolute atomic E-state index is 0.386. The highest BCUT2D eigenvalue weighted by Gasteiger charge is 2.22. The van der Waals surface area contributed by atoms with Gasteiger partial charge in [0, 0.05) is 18.8 Å². The molecule has 4 heteroatoms. The molecule has 2 N–H and O–H groups in total. The summed E-state index contributed by atoms with van der Waals surface area (Å²) in [6.45, 7) is 0. The van der Waals surface area contributed by atoms with E-state index in [9.17, 15) is 4.79 Å². The van der Waals surface area contributed by atoms with Gasteiger partial charge >= 0.3 is 5.97 Å². The van der Waals surface area contributed by atoms with E-state index in [1.807, 2.05) is 18.3 Å². The molecule has 2 aromatic rings. The van der Waals surface area contributed by atoms with E-state index in [0.717, 1.165) is 31.5 Å². The van der Waals surface area contributed by atoms with Gasteiger partial charge in [0.25, 0.3) is 0 Å². The van der Waals surface area contributed by atoms with Gasteiger partial charge in [-0.05, 0) is 48.4 Å². The average molecular weight is 256 g/mol. The number of H-pyrrole nitrogens is 1. The molecule has 0 amide bonds. The van der Waals surface area contributed by atoms with Crippen LogP contribution in [0.1, 0.15) is 46.1 Å². The Bertz CT molecular complexity index is 590. The molecule has 0 spiro atoms. The van der Waals surface area contributed by atoms with Crippen LogP contribution in [0.3, 0.4) is 0 Å². The molecular formula is C15H16N2O2. The summed E-state index contributed by atoms with van der Waals surface area (Å²) in [7, 11) is 0. The number of aromatic carboxylic acids is 1. The van der Waals surface area contributed by atoms with Crippen LogP contribution in [-0.2, 0) is 12.8 Å². The number of aryl methyl sites for hydroxylation is 1. The van der Waals surface area contributed by atoms with E-state index < -0.39 is 5.97 Å². The van der Waals surface area contributed by atoms with Crippen LogP contribution in [0.2, 0.25) is 0 Å². The molecule has 1 aromatic carbocycles. The van der Waals surface area contributed by atoms with Gasteiger partial charge in [-0.3, -0.25) is 0 Å². The maximum Gasteiger partial charge on any atom is 0.335 e. The Kier molecular flexibility index (Phi) is 3.07. The van der Waals surface area contributed by atoms with Crippen molar-refractivity contribution in [3.63, 3.8) is 0 Å². The summed E-state index contributed by atoms with van der Waals surface area (Å²) in [4.78, 5) is 18.4. The van der Waals surface area contributed by atoms with Crippen LogP contribution in [-0.4, -0.2) is 21.0 Å². The molecule has 0 bridgehead atoms. The molecule has 0 saturated carbocycles. The van der Waals surface area contributed by atoms with E-state index in [1.54, 1.807) is 12.3 Å². The lowest BCUT2D eigenvalue weighted by Crippen LogP contribution is -2.14. The molecule has 0 saturated heterocycles. The third kappa shape index (κ3) is 2.38. The van der Waals surface area contributed by atoms with E-state index >= 15 is 0 Å². The molecule has 1 atom stereocenters. The zero-order chi connectivity index (χ0) is 13.2. The average Bonchev–Trinajstić information content (AvgIpc) is 2.91. The highest BCUT2D eigenvalue weighted by atomic mass is 16.4. The van der Waals surface area contributed by atoms with Crippen molar-refractivity contribution in [2.75, 3.05) is 0 Å². The van der Waals surface area contributed by atoms with Crippen LogP contribution in [0.25, 0.3) is 0 Å². The first-order valence-corrected chi connectivity index (χ1v) is 6.58. The van der Waals surface area contributed by atoms with Crippen LogP contribution < -0.4 is 0 Å². The Balaban J connectivity index is 1.89. The standard InChI is InChI=1S/C15H16N2O2/c18-15(19)12-4-5-13-10(8-12)2-1-3-11(13)9-14-16-6-7-17-14/h4-8,11H,1-3,9H2,(H,16,17)(H,18,19). The van der Waals surface area contributed by atoms with Gasteiger partial charge in [0.1, 0.15) is 5.82 Å². The minimum atomic E-state index is -0.851. The van der Waals surface area contributed by atoms with E-state index in [1.165, 1.54) is 11.1 Å². The van der Waals surface area contributed by atoms with Gasteiger partial charge in [0.05, 0.1) is 5.56 Å². The summed E-state index contributed by atoms with van der Waals surface area (Å²) in [5.41, 5.74) is 2.85. The van der Waals surface area contributed by atoms with E-state index in [4.69, 9.17) is 5.11 Å². The molecule has 1 aliphatic carbocycles. The molecule has 0 radical (unpaired) electrons. The van der Waals surface area contributed by atoms with E-state index in [-0.39, 0.29) is 0 Å². The number of fused-ring (bicyclic) bond motifs is 1. The Morgan fingerprint density at radius 3 is 3.11 bits per heavy atom. The zero-order valence-corrected chi connectivity index (χ0v) is 10.6. The summed E-state index contributed by atoms with van der Waals surface area (Å²) in [6.07, 6.45) is 7.73. The lowest BCUT2D eigenvalue weighted by Gasteiger charge is -2.25. The summed E-state index contributed by atoms with van der Waals surface area (Å²) < 4.78 is 0. The number of carboxylic acid groups (broad SMARTS) is 1. The molecule has 19 heavy (non-hydrogen) atoms. The first kappa shape index (κ1) is 12.0. The lowest BCUT2D eigenvalue weighted by atomic mass is 9.80. The predicted octanol–water partition coefficient (Wildman–Crippen LogP) is 2.77. The molecule has 98 valence electrons. The van der Waals surface area contributed by atoms with E-state index in [2.05, 4.69) is 9.97 Å². The fourth-order valence-electron chi connectivity index (χ4n) is 2.90. The fraction of sp³-hybridized carbons (Fsp3) is 0.333. The number of rotatable bonds is 3. The fourth-order valence-corrected chi connectivity index (χ4v) is 2.90. The molecule has 0 aliphatic heterocycles. The summed E-state index contributed by atoms with van der Waals surface area (Å²) in [5, 5.41) is 9.04. The van der Waals surface area contributed by atoms with Crippen molar-refractivity contribution in [3.8, 4) is 0 Å². The maximum absolute atomic E-state index is 11.0. The van der Waals surface area contributed by atoms with Crippen LogP contribution in [0.4, 0.5) is 0 Å². The van der Waals surface area contributed by atoms with Gasteiger partial charge in [-0.25, -0.2) is 9.78 Å². The number of carboxylic acids is 1. The van der Waals surface area contributed by atoms with Crippen molar-refractivity contribution >= 4 is 5.97 Å². The van der Waals surface area contributed by atoms with Crippen LogP contribution >= 0.6 is 0 Å². The highest BCUT2D eigenvalue weighted by molar-refractivity contribution is 5.88. The molecule has 1 unspecified atom stereocenters. The SMILES string of the molecule is O=C(O)c1ccc2c(c1)CCCC2Cc1ncc[nH]1. The molecule has 0 fully saturated rings. The van der Waals surface area contributed by atoms with E-state index in [0.29, 0.717) is 11.5 Å². The molecule has 3 rings (SSSR count). The third-order valence-corrected chi connectivity index (χ3v) is 3.82. The van der Waals surface area contributed by atoms with Crippen molar-refractivity contribution in [1.82, 2.24) is 9.97 Å². The Morgan fingerprint density at radius 2 is 2.37 bits per heavy atom. The van der Waals surface area contributed by atoms with Crippen molar-refractivity contribution in [2.45, 2.75) is 31.6 Å². The number of aromatic nitrogens is 2. The Morgan fingerprint density at radius 1 is 1.47 bits per heavy atom. The van der Waals surface area contributed by atoms with Gasteiger partial charge < -0.3 is 10.1 Å². The van der Waals surface area contributed by atoms with Gasteiger partial charge in [-0.1, -0.05) is 6.07 Å². The highest BCUT2D eigenvalue weighted by Crippen LogP contribution is 2.34. The number of nitrogens with one attached hydrogen (secondary N) is 1. The number of hydrogen-bond donors (Lipinski definition) is 2. The van der Waals surface area contributed by atoms with Gasteiger partial charge in [-0.2, -0.15) is 0 Å². The Hall–Kier alpha value is -2.10. The largest absolute Gasteiger partial charge is 0.478 e. The number of aromatic amines is 1. The smallest absolute Gasteiger partial charge is 0.335 e. The normalized spacial score (nSPS) is 18.0. The number of carbonyl (C=O) groups is 1. The van der Waals surface area contributed by atoms with Gasteiger partial charge in [0.15, 0.2) is 0 Å².